The Kier molecular flexibility index (Phi) is 7.77. The van der Waals surface area contributed by atoms with Gasteiger partial charge >= 0.3 is 0 Å². The van der Waals surface area contributed by atoms with Gasteiger partial charge in [-0.15, -0.1) is 0 Å². The Bertz CT molecular complexity index is 341. The van der Waals surface area contributed by atoms with Gasteiger partial charge in [-0.2, -0.15) is 11.8 Å². The Morgan fingerprint density at radius 3 is 2.63 bits per heavy atom. The monoisotopic (exact) mass is 307 g/mol. The molecule has 0 saturated carbocycles. The average Bonchev–Trinajstić information content (AvgIpc) is 2.68. The van der Waals surface area contributed by atoms with Gasteiger partial charge in [0.05, 0.1) is 11.5 Å². The third kappa shape index (κ3) is 7.00. The maximum absolute atomic E-state index is 11.6. The van der Waals surface area contributed by atoms with Gasteiger partial charge in [0.15, 0.2) is 9.84 Å². The van der Waals surface area contributed by atoms with E-state index < -0.39 is 9.84 Å². The quantitative estimate of drug-likeness (QED) is 0.665. The van der Waals surface area contributed by atoms with Gasteiger partial charge in [0.1, 0.15) is 0 Å². The van der Waals surface area contributed by atoms with Crippen molar-refractivity contribution in [2.75, 3.05) is 29.6 Å². The molecular formula is C14H29NO2S2. The van der Waals surface area contributed by atoms with Crippen molar-refractivity contribution in [1.29, 1.82) is 0 Å². The van der Waals surface area contributed by atoms with Crippen LogP contribution in [0.1, 0.15) is 40.0 Å². The maximum atomic E-state index is 11.6. The standard InChI is InChI=1S/C14H29NO2S2/c1-4-18-8-5-6-13(10-15-12(2)3)14-7-9-19(16,17)11-14/h12-15H,4-11H2,1-3H3. The van der Waals surface area contributed by atoms with E-state index in [0.717, 1.165) is 19.4 Å². The van der Waals surface area contributed by atoms with Crippen LogP contribution in [0.25, 0.3) is 0 Å². The lowest BCUT2D eigenvalue weighted by atomic mass is 9.88. The summed E-state index contributed by atoms with van der Waals surface area (Å²) in [5, 5.41) is 3.49. The zero-order valence-corrected chi connectivity index (χ0v) is 14.2. The molecule has 1 saturated heterocycles. The van der Waals surface area contributed by atoms with Gasteiger partial charge in [0.25, 0.3) is 0 Å². The fourth-order valence-corrected chi connectivity index (χ4v) is 5.26. The molecular weight excluding hydrogens is 278 g/mol. The Balaban J connectivity index is 2.44. The molecule has 3 nitrogen and oxygen atoms in total. The lowest BCUT2D eigenvalue weighted by molar-refractivity contribution is 0.315. The number of rotatable bonds is 9. The highest BCUT2D eigenvalue weighted by Gasteiger charge is 2.33. The molecule has 1 aliphatic heterocycles. The molecule has 114 valence electrons. The molecule has 1 rings (SSSR count). The van der Waals surface area contributed by atoms with Crippen molar-refractivity contribution in [3.05, 3.63) is 0 Å². The third-order valence-electron chi connectivity index (χ3n) is 3.79. The van der Waals surface area contributed by atoms with Gasteiger partial charge in [-0.3, -0.25) is 0 Å². The van der Waals surface area contributed by atoms with Gasteiger partial charge in [-0.1, -0.05) is 20.8 Å². The van der Waals surface area contributed by atoms with Crippen molar-refractivity contribution in [2.45, 2.75) is 46.1 Å². The molecule has 0 spiro atoms. The Labute approximate surface area is 123 Å². The minimum Gasteiger partial charge on any atom is -0.314 e. The molecule has 5 heteroatoms. The summed E-state index contributed by atoms with van der Waals surface area (Å²) in [5.74, 6) is 4.10. The summed E-state index contributed by atoms with van der Waals surface area (Å²) in [5.41, 5.74) is 0. The van der Waals surface area contributed by atoms with Crippen molar-refractivity contribution >= 4 is 21.6 Å². The van der Waals surface area contributed by atoms with Crippen molar-refractivity contribution < 1.29 is 8.42 Å². The highest BCUT2D eigenvalue weighted by Crippen LogP contribution is 2.29. The lowest BCUT2D eigenvalue weighted by Gasteiger charge is -2.24. The first-order chi connectivity index (χ1) is 8.94. The number of nitrogens with one attached hydrogen (secondary N) is 1. The molecule has 1 heterocycles. The Morgan fingerprint density at radius 2 is 2.11 bits per heavy atom. The van der Waals surface area contributed by atoms with E-state index in [-0.39, 0.29) is 0 Å². The third-order valence-corrected chi connectivity index (χ3v) is 6.57. The van der Waals surface area contributed by atoms with Crippen molar-refractivity contribution in [1.82, 2.24) is 5.32 Å². The van der Waals surface area contributed by atoms with Crippen LogP contribution in [0.2, 0.25) is 0 Å². The summed E-state index contributed by atoms with van der Waals surface area (Å²) in [6, 6.07) is 0.477. The number of sulfone groups is 1. The predicted molar refractivity (Wildman–Crippen MR) is 85.6 cm³/mol. The average molecular weight is 308 g/mol. The van der Waals surface area contributed by atoms with Crippen LogP contribution in [0, 0.1) is 11.8 Å². The van der Waals surface area contributed by atoms with E-state index in [1.807, 2.05) is 11.8 Å². The topological polar surface area (TPSA) is 46.2 Å². The molecule has 0 aromatic heterocycles. The zero-order chi connectivity index (χ0) is 14.3. The van der Waals surface area contributed by atoms with Crippen LogP contribution in [-0.2, 0) is 9.84 Å². The zero-order valence-electron chi connectivity index (χ0n) is 12.5. The van der Waals surface area contributed by atoms with E-state index in [1.165, 1.54) is 17.9 Å². The van der Waals surface area contributed by atoms with E-state index in [9.17, 15) is 8.42 Å². The first-order valence-corrected chi connectivity index (χ1v) is 10.4. The SMILES string of the molecule is CCSCCCC(CNC(C)C)C1CCS(=O)(=O)C1. The summed E-state index contributed by atoms with van der Waals surface area (Å²) < 4.78 is 23.3. The van der Waals surface area contributed by atoms with Crippen LogP contribution in [0.3, 0.4) is 0 Å². The smallest absolute Gasteiger partial charge is 0.150 e. The summed E-state index contributed by atoms with van der Waals surface area (Å²) >= 11 is 1.98. The van der Waals surface area contributed by atoms with Gasteiger partial charge in [-0.05, 0) is 49.1 Å². The molecule has 0 aliphatic carbocycles. The fraction of sp³-hybridized carbons (Fsp3) is 1.00. The minimum absolute atomic E-state index is 0.378. The summed E-state index contributed by atoms with van der Waals surface area (Å²) in [4.78, 5) is 0. The molecule has 0 amide bonds. The normalized spacial score (nSPS) is 23.9. The van der Waals surface area contributed by atoms with Crippen LogP contribution < -0.4 is 5.32 Å². The second kappa shape index (κ2) is 8.53. The van der Waals surface area contributed by atoms with E-state index >= 15 is 0 Å². The molecule has 1 fully saturated rings. The second-order valence-corrected chi connectivity index (χ2v) is 9.45. The second-order valence-electron chi connectivity index (χ2n) is 5.83. The molecule has 2 atom stereocenters. The van der Waals surface area contributed by atoms with E-state index in [4.69, 9.17) is 0 Å². The molecule has 0 bridgehead atoms. The molecule has 1 aliphatic rings. The highest BCUT2D eigenvalue weighted by molar-refractivity contribution is 7.99. The summed E-state index contributed by atoms with van der Waals surface area (Å²) in [7, 11) is -2.75. The van der Waals surface area contributed by atoms with E-state index in [1.54, 1.807) is 0 Å². The first kappa shape index (κ1) is 17.3. The molecule has 19 heavy (non-hydrogen) atoms. The molecule has 2 unspecified atom stereocenters. The largest absolute Gasteiger partial charge is 0.314 e. The highest BCUT2D eigenvalue weighted by atomic mass is 32.2. The predicted octanol–water partition coefficient (Wildman–Crippen LogP) is 2.57. The van der Waals surface area contributed by atoms with Crippen LogP contribution in [-0.4, -0.2) is 44.0 Å². The van der Waals surface area contributed by atoms with Crippen molar-refractivity contribution in [3.63, 3.8) is 0 Å². The molecule has 0 radical (unpaired) electrons. The molecule has 0 aromatic carbocycles. The van der Waals surface area contributed by atoms with Gasteiger partial charge in [0, 0.05) is 6.04 Å². The molecule has 0 aromatic rings. The van der Waals surface area contributed by atoms with E-state index in [0.29, 0.717) is 29.4 Å². The Hall–Kier alpha value is 0.260. The van der Waals surface area contributed by atoms with Gasteiger partial charge in [-0.25, -0.2) is 8.42 Å². The number of hydrogen-bond acceptors (Lipinski definition) is 4. The van der Waals surface area contributed by atoms with Crippen LogP contribution in [0.4, 0.5) is 0 Å². The van der Waals surface area contributed by atoms with Crippen molar-refractivity contribution in [2.24, 2.45) is 11.8 Å². The molecule has 1 N–H and O–H groups in total. The van der Waals surface area contributed by atoms with Gasteiger partial charge < -0.3 is 5.32 Å². The number of hydrogen-bond donors (Lipinski definition) is 1. The lowest BCUT2D eigenvalue weighted by Crippen LogP contribution is -2.33. The first-order valence-electron chi connectivity index (χ1n) is 7.46. The number of thioether (sulfide) groups is 1. The Morgan fingerprint density at radius 1 is 1.37 bits per heavy atom. The van der Waals surface area contributed by atoms with Crippen molar-refractivity contribution in [3.8, 4) is 0 Å². The van der Waals surface area contributed by atoms with Crippen LogP contribution in [0.15, 0.2) is 0 Å². The maximum Gasteiger partial charge on any atom is 0.150 e. The fourth-order valence-electron chi connectivity index (χ4n) is 2.68. The van der Waals surface area contributed by atoms with Crippen LogP contribution >= 0.6 is 11.8 Å². The van der Waals surface area contributed by atoms with Gasteiger partial charge in [0.2, 0.25) is 0 Å². The van der Waals surface area contributed by atoms with E-state index in [2.05, 4.69) is 26.1 Å². The minimum atomic E-state index is -2.75. The summed E-state index contributed by atoms with van der Waals surface area (Å²) in [6.45, 7) is 7.45. The van der Waals surface area contributed by atoms with Crippen LogP contribution in [0.5, 0.6) is 0 Å². The summed E-state index contributed by atoms with van der Waals surface area (Å²) in [6.07, 6.45) is 3.24.